The number of rotatable bonds is 5. The van der Waals surface area contributed by atoms with E-state index < -0.39 is 0 Å². The van der Waals surface area contributed by atoms with Crippen LogP contribution in [0.1, 0.15) is 45.5 Å². The second-order valence-electron chi connectivity index (χ2n) is 6.28. The van der Waals surface area contributed by atoms with Crippen molar-refractivity contribution in [3.8, 4) is 0 Å². The summed E-state index contributed by atoms with van der Waals surface area (Å²) < 4.78 is 5.26. The molecule has 0 saturated carbocycles. The molecule has 0 aliphatic carbocycles. The Morgan fingerprint density at radius 1 is 1.30 bits per heavy atom. The maximum atomic E-state index is 5.26. The summed E-state index contributed by atoms with van der Waals surface area (Å²) in [6.45, 7) is 13.3. The van der Waals surface area contributed by atoms with Crippen molar-refractivity contribution in [2.75, 3.05) is 25.1 Å². The van der Waals surface area contributed by atoms with Gasteiger partial charge in [0.15, 0.2) is 0 Å². The standard InChI is InChI=1S/C15H25N3OS/c1-6-7-16-12-10(2)13(20-11-8-19-9-11)18-14(17-12)15(3,4)5/h11H,6-9H2,1-5H3,(H,16,17,18). The Hall–Kier alpha value is -0.810. The molecule has 0 radical (unpaired) electrons. The lowest BCUT2D eigenvalue weighted by molar-refractivity contribution is 0.0454. The molecular weight excluding hydrogens is 270 g/mol. The number of thioether (sulfide) groups is 1. The number of nitrogens with zero attached hydrogens (tertiary/aromatic N) is 2. The third-order valence-electron chi connectivity index (χ3n) is 3.20. The summed E-state index contributed by atoms with van der Waals surface area (Å²) in [4.78, 5) is 9.52. The van der Waals surface area contributed by atoms with Gasteiger partial charge >= 0.3 is 0 Å². The molecule has 1 saturated heterocycles. The van der Waals surface area contributed by atoms with Gasteiger partial charge in [0.2, 0.25) is 0 Å². The predicted molar refractivity (Wildman–Crippen MR) is 84.7 cm³/mol. The van der Waals surface area contributed by atoms with Crippen LogP contribution >= 0.6 is 11.8 Å². The smallest absolute Gasteiger partial charge is 0.137 e. The van der Waals surface area contributed by atoms with Crippen molar-refractivity contribution >= 4 is 17.6 Å². The summed E-state index contributed by atoms with van der Waals surface area (Å²) in [6, 6.07) is 0. The Labute approximate surface area is 126 Å². The van der Waals surface area contributed by atoms with E-state index in [1.54, 1.807) is 0 Å². The average molecular weight is 295 g/mol. The highest BCUT2D eigenvalue weighted by atomic mass is 32.2. The van der Waals surface area contributed by atoms with E-state index in [2.05, 4.69) is 39.9 Å². The van der Waals surface area contributed by atoms with Crippen LogP contribution in [-0.2, 0) is 10.2 Å². The average Bonchev–Trinajstić information content (AvgIpc) is 2.32. The molecule has 112 valence electrons. The zero-order valence-electron chi connectivity index (χ0n) is 13.1. The van der Waals surface area contributed by atoms with Crippen molar-refractivity contribution in [3.63, 3.8) is 0 Å². The maximum absolute atomic E-state index is 5.26. The first-order valence-corrected chi connectivity index (χ1v) is 8.17. The van der Waals surface area contributed by atoms with Gasteiger partial charge in [-0.3, -0.25) is 0 Å². The molecule has 1 aromatic heterocycles. The lowest BCUT2D eigenvalue weighted by Gasteiger charge is -2.27. The molecule has 4 nitrogen and oxygen atoms in total. The molecule has 0 amide bonds. The maximum Gasteiger partial charge on any atom is 0.137 e. The van der Waals surface area contributed by atoms with Crippen LogP contribution in [0.15, 0.2) is 5.03 Å². The molecule has 0 atom stereocenters. The van der Waals surface area contributed by atoms with E-state index in [1.165, 1.54) is 0 Å². The van der Waals surface area contributed by atoms with Gasteiger partial charge in [0.25, 0.3) is 0 Å². The Kier molecular flexibility index (Phi) is 4.91. The summed E-state index contributed by atoms with van der Waals surface area (Å²) in [5.41, 5.74) is 1.12. The van der Waals surface area contributed by atoms with Gasteiger partial charge in [-0.05, 0) is 13.3 Å². The fraction of sp³-hybridized carbons (Fsp3) is 0.733. The zero-order chi connectivity index (χ0) is 14.8. The molecule has 2 heterocycles. The van der Waals surface area contributed by atoms with Gasteiger partial charge in [-0.25, -0.2) is 9.97 Å². The molecule has 2 rings (SSSR count). The zero-order valence-corrected chi connectivity index (χ0v) is 13.9. The second-order valence-corrected chi connectivity index (χ2v) is 7.57. The van der Waals surface area contributed by atoms with E-state index in [1.807, 2.05) is 11.8 Å². The molecule has 5 heteroatoms. The minimum absolute atomic E-state index is 0.0399. The highest BCUT2D eigenvalue weighted by molar-refractivity contribution is 8.00. The molecule has 0 unspecified atom stereocenters. The summed E-state index contributed by atoms with van der Waals surface area (Å²) in [5, 5.41) is 5.06. The van der Waals surface area contributed by atoms with Gasteiger partial charge < -0.3 is 10.1 Å². The summed E-state index contributed by atoms with van der Waals surface area (Å²) in [5.74, 6) is 1.89. The van der Waals surface area contributed by atoms with Gasteiger partial charge in [0.05, 0.1) is 18.5 Å². The number of nitrogens with one attached hydrogen (secondary N) is 1. The van der Waals surface area contributed by atoms with Crippen molar-refractivity contribution in [2.24, 2.45) is 0 Å². The highest BCUT2D eigenvalue weighted by Gasteiger charge is 2.25. The number of hydrogen-bond donors (Lipinski definition) is 1. The molecule has 1 aliphatic rings. The molecular formula is C15H25N3OS. The first-order valence-electron chi connectivity index (χ1n) is 7.29. The molecule has 1 aromatic rings. The number of ether oxygens (including phenoxy) is 1. The normalized spacial score (nSPS) is 16.1. The number of anilines is 1. The van der Waals surface area contributed by atoms with Crippen LogP contribution in [0.2, 0.25) is 0 Å². The third-order valence-corrected chi connectivity index (χ3v) is 4.43. The minimum Gasteiger partial charge on any atom is -0.379 e. The second kappa shape index (κ2) is 6.31. The molecule has 20 heavy (non-hydrogen) atoms. The van der Waals surface area contributed by atoms with Crippen molar-refractivity contribution in [3.05, 3.63) is 11.4 Å². The Balaban J connectivity index is 2.31. The molecule has 1 aliphatic heterocycles. The molecule has 0 bridgehead atoms. The fourth-order valence-electron chi connectivity index (χ4n) is 1.80. The van der Waals surface area contributed by atoms with Gasteiger partial charge in [-0.15, -0.1) is 0 Å². The van der Waals surface area contributed by atoms with Crippen molar-refractivity contribution in [1.29, 1.82) is 0 Å². The van der Waals surface area contributed by atoms with Crippen LogP contribution in [0.5, 0.6) is 0 Å². The minimum atomic E-state index is -0.0399. The van der Waals surface area contributed by atoms with Crippen LogP contribution in [0.4, 0.5) is 5.82 Å². The van der Waals surface area contributed by atoms with Crippen LogP contribution in [0.25, 0.3) is 0 Å². The van der Waals surface area contributed by atoms with E-state index in [0.29, 0.717) is 5.25 Å². The van der Waals surface area contributed by atoms with Crippen LogP contribution < -0.4 is 5.32 Å². The van der Waals surface area contributed by atoms with Crippen molar-refractivity contribution < 1.29 is 4.74 Å². The van der Waals surface area contributed by atoms with Gasteiger partial charge in [-0.1, -0.05) is 39.5 Å². The van der Waals surface area contributed by atoms with E-state index in [4.69, 9.17) is 14.7 Å². The quantitative estimate of drug-likeness (QED) is 0.844. The Morgan fingerprint density at radius 3 is 2.50 bits per heavy atom. The number of aromatic nitrogens is 2. The van der Waals surface area contributed by atoms with E-state index in [9.17, 15) is 0 Å². The first-order chi connectivity index (χ1) is 9.41. The van der Waals surface area contributed by atoms with Gasteiger partial charge in [0, 0.05) is 17.5 Å². The SMILES string of the molecule is CCCNc1nc(C(C)(C)C)nc(SC2COC2)c1C. The van der Waals surface area contributed by atoms with Gasteiger partial charge in [0.1, 0.15) is 16.7 Å². The lowest BCUT2D eigenvalue weighted by Crippen LogP contribution is -2.30. The third kappa shape index (κ3) is 3.64. The molecule has 0 aromatic carbocycles. The molecule has 1 fully saturated rings. The Morgan fingerprint density at radius 2 is 2.00 bits per heavy atom. The van der Waals surface area contributed by atoms with Crippen molar-refractivity contribution in [1.82, 2.24) is 9.97 Å². The Bertz CT molecular complexity index is 467. The van der Waals surface area contributed by atoms with E-state index >= 15 is 0 Å². The predicted octanol–water partition coefficient (Wildman–Crippen LogP) is 3.40. The summed E-state index contributed by atoms with van der Waals surface area (Å²) in [7, 11) is 0. The van der Waals surface area contributed by atoms with Crippen LogP contribution in [0, 0.1) is 6.92 Å². The van der Waals surface area contributed by atoms with E-state index in [0.717, 1.165) is 48.4 Å². The largest absolute Gasteiger partial charge is 0.379 e. The summed E-state index contributed by atoms with van der Waals surface area (Å²) in [6.07, 6.45) is 1.09. The fourth-order valence-corrected chi connectivity index (χ4v) is 2.86. The van der Waals surface area contributed by atoms with E-state index in [-0.39, 0.29) is 5.41 Å². The number of hydrogen-bond acceptors (Lipinski definition) is 5. The topological polar surface area (TPSA) is 47.0 Å². The molecule has 0 spiro atoms. The van der Waals surface area contributed by atoms with Crippen LogP contribution in [-0.4, -0.2) is 35.0 Å². The van der Waals surface area contributed by atoms with Crippen LogP contribution in [0.3, 0.4) is 0 Å². The monoisotopic (exact) mass is 295 g/mol. The highest BCUT2D eigenvalue weighted by Crippen LogP contribution is 2.33. The van der Waals surface area contributed by atoms with Gasteiger partial charge in [-0.2, -0.15) is 0 Å². The van der Waals surface area contributed by atoms with Crippen molar-refractivity contribution in [2.45, 2.75) is 56.7 Å². The summed E-state index contributed by atoms with van der Waals surface area (Å²) >= 11 is 1.82. The lowest BCUT2D eigenvalue weighted by atomic mass is 9.95. The molecule has 1 N–H and O–H groups in total. The first kappa shape index (κ1) is 15.6.